The van der Waals surface area contributed by atoms with E-state index >= 15 is 0 Å². The second-order valence-electron chi connectivity index (χ2n) is 8.42. The van der Waals surface area contributed by atoms with Crippen molar-refractivity contribution >= 4 is 27.5 Å². The summed E-state index contributed by atoms with van der Waals surface area (Å²) in [6.07, 6.45) is 0.560. The normalized spacial score (nSPS) is 16.7. The number of rotatable bonds is 7. The van der Waals surface area contributed by atoms with Crippen molar-refractivity contribution in [2.24, 2.45) is 5.92 Å². The number of fused-ring (bicyclic) bond motifs is 1. The van der Waals surface area contributed by atoms with Crippen LogP contribution in [0, 0.1) is 11.7 Å². The molecular weight excluding hydrogens is 433 g/mol. The highest BCUT2D eigenvalue weighted by molar-refractivity contribution is 7.89. The predicted molar refractivity (Wildman–Crippen MR) is 120 cm³/mol. The summed E-state index contributed by atoms with van der Waals surface area (Å²) in [5, 5.41) is 2.71. The average Bonchev–Trinajstić information content (AvgIpc) is 3.06. The van der Waals surface area contributed by atoms with Crippen molar-refractivity contribution < 1.29 is 22.4 Å². The number of hydrogen-bond donors (Lipinski definition) is 2. The van der Waals surface area contributed by atoms with Gasteiger partial charge in [-0.05, 0) is 60.7 Å². The van der Waals surface area contributed by atoms with Crippen LogP contribution in [-0.4, -0.2) is 32.3 Å². The predicted octanol–water partition coefficient (Wildman–Crippen LogP) is 2.74. The van der Waals surface area contributed by atoms with Crippen LogP contribution in [0.5, 0.6) is 0 Å². The summed E-state index contributed by atoms with van der Waals surface area (Å²) in [4.78, 5) is 26.3. The summed E-state index contributed by atoms with van der Waals surface area (Å²) in [6, 6.07) is 9.32. The molecule has 0 spiro atoms. The highest BCUT2D eigenvalue weighted by Gasteiger charge is 2.32. The molecule has 172 valence electrons. The minimum Gasteiger partial charge on any atom is -0.351 e. The molecule has 2 amide bonds. The van der Waals surface area contributed by atoms with E-state index in [2.05, 4.69) is 10.0 Å². The van der Waals surface area contributed by atoms with Gasteiger partial charge in [-0.1, -0.05) is 26.0 Å². The molecule has 7 nitrogen and oxygen atoms in total. The Morgan fingerprint density at radius 3 is 2.41 bits per heavy atom. The first-order valence-electron chi connectivity index (χ1n) is 10.5. The van der Waals surface area contributed by atoms with Gasteiger partial charge in [0.05, 0.1) is 4.90 Å². The van der Waals surface area contributed by atoms with E-state index in [9.17, 15) is 22.4 Å². The lowest BCUT2D eigenvalue weighted by atomic mass is 10.0. The lowest BCUT2D eigenvalue weighted by Crippen LogP contribution is -2.49. The van der Waals surface area contributed by atoms with E-state index in [-0.39, 0.29) is 35.1 Å². The molecular formula is C23H28FN3O4S. The van der Waals surface area contributed by atoms with Crippen molar-refractivity contribution in [2.75, 3.05) is 4.90 Å². The molecule has 0 aliphatic carbocycles. The molecule has 2 N–H and O–H groups in total. The van der Waals surface area contributed by atoms with Crippen LogP contribution in [0.15, 0.2) is 47.4 Å². The van der Waals surface area contributed by atoms with Gasteiger partial charge < -0.3 is 10.2 Å². The average molecular weight is 462 g/mol. The highest BCUT2D eigenvalue weighted by atomic mass is 32.2. The van der Waals surface area contributed by atoms with Gasteiger partial charge in [-0.15, -0.1) is 0 Å². The van der Waals surface area contributed by atoms with Crippen LogP contribution < -0.4 is 14.9 Å². The Morgan fingerprint density at radius 1 is 1.16 bits per heavy atom. The van der Waals surface area contributed by atoms with Gasteiger partial charge in [0.1, 0.15) is 11.9 Å². The van der Waals surface area contributed by atoms with E-state index in [0.29, 0.717) is 17.7 Å². The van der Waals surface area contributed by atoms with Crippen LogP contribution in [0.4, 0.5) is 10.1 Å². The van der Waals surface area contributed by atoms with E-state index in [0.717, 1.165) is 5.56 Å². The summed E-state index contributed by atoms with van der Waals surface area (Å²) in [7, 11) is -3.98. The van der Waals surface area contributed by atoms with Crippen molar-refractivity contribution in [3.8, 4) is 0 Å². The molecule has 0 bridgehead atoms. The third-order valence-corrected chi connectivity index (χ3v) is 6.97. The lowest BCUT2D eigenvalue weighted by Gasteiger charge is -2.22. The van der Waals surface area contributed by atoms with Crippen LogP contribution in [0.25, 0.3) is 0 Å². The van der Waals surface area contributed by atoms with Gasteiger partial charge in [-0.2, -0.15) is 4.72 Å². The molecule has 0 unspecified atom stereocenters. The fourth-order valence-electron chi connectivity index (χ4n) is 3.88. The van der Waals surface area contributed by atoms with Crippen LogP contribution >= 0.6 is 0 Å². The fraction of sp³-hybridized carbons (Fsp3) is 0.391. The zero-order valence-electron chi connectivity index (χ0n) is 18.6. The Hall–Kier alpha value is -2.78. The van der Waals surface area contributed by atoms with Gasteiger partial charge in [-0.3, -0.25) is 9.59 Å². The molecule has 0 aromatic heterocycles. The van der Waals surface area contributed by atoms with Gasteiger partial charge in [0, 0.05) is 25.2 Å². The number of sulfonamides is 1. The number of carbonyl (C=O) groups excluding carboxylic acids is 2. The van der Waals surface area contributed by atoms with Crippen LogP contribution in [-0.2, 0) is 32.6 Å². The number of nitrogens with zero attached hydrogens (tertiary/aromatic N) is 1. The zero-order chi connectivity index (χ0) is 23.6. The number of amides is 2. The minimum absolute atomic E-state index is 0.0471. The molecule has 9 heteroatoms. The summed E-state index contributed by atoms with van der Waals surface area (Å²) in [5.74, 6) is -1.24. The fourth-order valence-corrected chi connectivity index (χ4v) is 5.28. The molecule has 0 radical (unpaired) electrons. The Morgan fingerprint density at radius 2 is 1.81 bits per heavy atom. The number of carbonyl (C=O) groups is 2. The van der Waals surface area contributed by atoms with Crippen LogP contribution in [0.1, 0.15) is 38.8 Å². The smallest absolute Gasteiger partial charge is 0.241 e. The van der Waals surface area contributed by atoms with Crippen molar-refractivity contribution in [1.82, 2.24) is 10.0 Å². The SMILES string of the molecule is CC(=O)N1c2ccc(S(=O)(=O)N[C@@H](C(=O)NCc3ccc(F)cc3)C(C)C)cc2C[C@@H]1C. The molecule has 1 aliphatic heterocycles. The van der Waals surface area contributed by atoms with E-state index < -0.39 is 22.0 Å². The van der Waals surface area contributed by atoms with E-state index in [4.69, 9.17) is 0 Å². The van der Waals surface area contributed by atoms with Crippen LogP contribution in [0.2, 0.25) is 0 Å². The first-order valence-corrected chi connectivity index (χ1v) is 11.9. The Bertz CT molecular complexity index is 1120. The van der Waals surface area contributed by atoms with Gasteiger partial charge in [0.25, 0.3) is 0 Å². The topological polar surface area (TPSA) is 95.6 Å². The van der Waals surface area contributed by atoms with E-state index in [1.165, 1.54) is 25.1 Å². The minimum atomic E-state index is -3.98. The van der Waals surface area contributed by atoms with Gasteiger partial charge in [0.15, 0.2) is 0 Å². The van der Waals surface area contributed by atoms with Gasteiger partial charge in [0.2, 0.25) is 21.8 Å². The second-order valence-corrected chi connectivity index (χ2v) is 10.1. The number of nitrogens with one attached hydrogen (secondary N) is 2. The second kappa shape index (κ2) is 9.38. The van der Waals surface area contributed by atoms with Crippen LogP contribution in [0.3, 0.4) is 0 Å². The summed E-state index contributed by atoms with van der Waals surface area (Å²) in [5.41, 5.74) is 2.19. The largest absolute Gasteiger partial charge is 0.351 e. The van der Waals surface area contributed by atoms with Crippen molar-refractivity contribution in [3.63, 3.8) is 0 Å². The summed E-state index contributed by atoms with van der Waals surface area (Å²) >= 11 is 0. The summed E-state index contributed by atoms with van der Waals surface area (Å²) < 4.78 is 41.7. The van der Waals surface area contributed by atoms with Crippen molar-refractivity contribution in [1.29, 1.82) is 0 Å². The molecule has 0 fully saturated rings. The lowest BCUT2D eigenvalue weighted by molar-refractivity contribution is -0.123. The molecule has 2 aromatic carbocycles. The zero-order valence-corrected chi connectivity index (χ0v) is 19.4. The Kier molecular flexibility index (Phi) is 7.00. The standard InChI is InChI=1S/C23H28FN3O4S/c1-14(2)22(23(29)25-13-17-5-7-19(24)8-6-17)26-32(30,31)20-9-10-21-18(12-20)11-15(3)27(21)16(4)28/h5-10,12,14-15,22,26H,11,13H2,1-4H3,(H,25,29)/t15-,22+/m0/s1. The molecule has 0 saturated carbocycles. The molecule has 1 heterocycles. The molecule has 3 rings (SSSR count). The maximum absolute atomic E-state index is 13.0. The van der Waals surface area contributed by atoms with Gasteiger partial charge >= 0.3 is 0 Å². The molecule has 2 aromatic rings. The third-order valence-electron chi connectivity index (χ3n) is 5.53. The monoisotopic (exact) mass is 461 g/mol. The quantitative estimate of drug-likeness (QED) is 0.663. The summed E-state index contributed by atoms with van der Waals surface area (Å²) in [6.45, 7) is 7.05. The third kappa shape index (κ3) is 5.16. The first kappa shape index (κ1) is 23.9. The number of anilines is 1. The molecule has 0 saturated heterocycles. The maximum atomic E-state index is 13.0. The molecule has 2 atom stereocenters. The maximum Gasteiger partial charge on any atom is 0.241 e. The Labute approximate surface area is 188 Å². The highest BCUT2D eigenvalue weighted by Crippen LogP contribution is 2.34. The number of hydrogen-bond acceptors (Lipinski definition) is 4. The Balaban J connectivity index is 1.75. The van der Waals surface area contributed by atoms with Crippen molar-refractivity contribution in [2.45, 2.75) is 57.6 Å². The number of benzene rings is 2. The number of halogens is 1. The van der Waals surface area contributed by atoms with E-state index in [1.54, 1.807) is 43.0 Å². The molecule has 32 heavy (non-hydrogen) atoms. The molecule has 1 aliphatic rings. The van der Waals surface area contributed by atoms with E-state index in [1.807, 2.05) is 6.92 Å². The van der Waals surface area contributed by atoms with Gasteiger partial charge in [-0.25, -0.2) is 12.8 Å². The van der Waals surface area contributed by atoms with Crippen molar-refractivity contribution in [3.05, 3.63) is 59.4 Å². The first-order chi connectivity index (χ1) is 15.0.